The Kier molecular flexibility index (Phi) is 2.89. The van der Waals surface area contributed by atoms with Gasteiger partial charge in [-0.2, -0.15) is 5.06 Å². The summed E-state index contributed by atoms with van der Waals surface area (Å²) >= 11 is 0. The van der Waals surface area contributed by atoms with Crippen LogP contribution < -0.4 is 0 Å². The number of benzene rings is 1. The standard InChI is InChI=1S/C17H23NO/c1-12(15-5-3-2-4-6-15)19-18-16-8-13-7-14(10-16)11-17(18)9-13/h2-6,12-14,16-17H,7-11H2,1H3. The summed E-state index contributed by atoms with van der Waals surface area (Å²) < 4.78 is 0. The zero-order chi connectivity index (χ0) is 12.8. The lowest BCUT2D eigenvalue weighted by atomic mass is 9.64. The van der Waals surface area contributed by atoms with E-state index in [1.54, 1.807) is 0 Å². The fourth-order valence-corrected chi connectivity index (χ4v) is 4.63. The van der Waals surface area contributed by atoms with Gasteiger partial charge in [-0.15, -0.1) is 0 Å². The van der Waals surface area contributed by atoms with Gasteiger partial charge < -0.3 is 0 Å². The van der Waals surface area contributed by atoms with Gasteiger partial charge in [0.2, 0.25) is 0 Å². The molecule has 102 valence electrons. The van der Waals surface area contributed by atoms with Gasteiger partial charge in [-0.05, 0) is 56.4 Å². The highest BCUT2D eigenvalue weighted by molar-refractivity contribution is 5.16. The summed E-state index contributed by atoms with van der Waals surface area (Å²) in [4.78, 5) is 6.35. The van der Waals surface area contributed by atoms with Crippen molar-refractivity contribution in [1.82, 2.24) is 5.06 Å². The second-order valence-corrected chi connectivity index (χ2v) is 6.74. The molecule has 2 saturated carbocycles. The third-order valence-electron chi connectivity index (χ3n) is 5.36. The van der Waals surface area contributed by atoms with E-state index in [9.17, 15) is 0 Å². The monoisotopic (exact) mass is 257 g/mol. The van der Waals surface area contributed by atoms with Crippen molar-refractivity contribution >= 4 is 0 Å². The van der Waals surface area contributed by atoms with Crippen LogP contribution in [-0.4, -0.2) is 17.1 Å². The molecule has 4 fully saturated rings. The summed E-state index contributed by atoms with van der Waals surface area (Å²) in [5, 5.41) is 2.38. The Hall–Kier alpha value is -0.860. The van der Waals surface area contributed by atoms with E-state index >= 15 is 0 Å². The molecule has 19 heavy (non-hydrogen) atoms. The van der Waals surface area contributed by atoms with Crippen LogP contribution in [0.15, 0.2) is 30.3 Å². The van der Waals surface area contributed by atoms with Gasteiger partial charge in [-0.3, -0.25) is 4.84 Å². The average molecular weight is 257 g/mol. The lowest BCUT2D eigenvalue weighted by Crippen LogP contribution is -2.57. The molecular weight excluding hydrogens is 234 g/mol. The summed E-state index contributed by atoms with van der Waals surface area (Å²) in [7, 11) is 0. The second-order valence-electron chi connectivity index (χ2n) is 6.74. The first-order valence-electron chi connectivity index (χ1n) is 7.79. The van der Waals surface area contributed by atoms with Gasteiger partial charge in [-0.1, -0.05) is 30.3 Å². The molecule has 2 saturated heterocycles. The van der Waals surface area contributed by atoms with Crippen LogP contribution in [0.1, 0.15) is 50.7 Å². The first-order chi connectivity index (χ1) is 9.29. The molecule has 2 aliphatic carbocycles. The predicted molar refractivity (Wildman–Crippen MR) is 75.4 cm³/mol. The van der Waals surface area contributed by atoms with Crippen LogP contribution in [0, 0.1) is 11.8 Å². The summed E-state index contributed by atoms with van der Waals surface area (Å²) in [6.45, 7) is 2.18. The first kappa shape index (κ1) is 11.9. The molecule has 2 aliphatic heterocycles. The van der Waals surface area contributed by atoms with Crippen molar-refractivity contribution in [2.24, 2.45) is 11.8 Å². The van der Waals surface area contributed by atoms with Crippen molar-refractivity contribution in [3.63, 3.8) is 0 Å². The molecule has 5 rings (SSSR count). The van der Waals surface area contributed by atoms with Gasteiger partial charge in [0, 0.05) is 12.1 Å². The van der Waals surface area contributed by atoms with E-state index in [2.05, 4.69) is 42.3 Å². The molecule has 1 atom stereocenters. The third-order valence-corrected chi connectivity index (χ3v) is 5.36. The maximum Gasteiger partial charge on any atom is 0.101 e. The van der Waals surface area contributed by atoms with E-state index in [1.165, 1.54) is 37.7 Å². The highest BCUT2D eigenvalue weighted by Gasteiger charge is 2.48. The number of hydrogen-bond donors (Lipinski definition) is 0. The zero-order valence-corrected chi connectivity index (χ0v) is 11.7. The molecule has 0 spiro atoms. The van der Waals surface area contributed by atoms with Gasteiger partial charge in [0.05, 0.1) is 0 Å². The summed E-state index contributed by atoms with van der Waals surface area (Å²) in [5.41, 5.74) is 1.29. The molecule has 0 N–H and O–H groups in total. The number of piperidine rings is 2. The Morgan fingerprint density at radius 1 is 0.947 bits per heavy atom. The van der Waals surface area contributed by atoms with E-state index < -0.39 is 0 Å². The van der Waals surface area contributed by atoms with Crippen LogP contribution in [0.3, 0.4) is 0 Å². The Morgan fingerprint density at radius 3 is 2.11 bits per heavy atom. The van der Waals surface area contributed by atoms with Gasteiger partial charge in [-0.25, -0.2) is 0 Å². The maximum atomic E-state index is 6.35. The topological polar surface area (TPSA) is 12.5 Å². The molecule has 2 heteroatoms. The van der Waals surface area contributed by atoms with Crippen molar-refractivity contribution in [3.8, 4) is 0 Å². The number of hydroxylamine groups is 2. The van der Waals surface area contributed by atoms with Crippen molar-refractivity contribution in [2.75, 3.05) is 0 Å². The SMILES string of the molecule is CC(ON1C2CC3CC(C2)CC1C3)c1ccccc1. The average Bonchev–Trinajstić information content (AvgIpc) is 2.43. The normalized spacial score (nSPS) is 38.6. The maximum absolute atomic E-state index is 6.35. The minimum Gasteiger partial charge on any atom is -0.291 e. The van der Waals surface area contributed by atoms with Crippen molar-refractivity contribution in [3.05, 3.63) is 35.9 Å². The third kappa shape index (κ3) is 2.11. The Balaban J connectivity index is 1.48. The van der Waals surface area contributed by atoms with Crippen LogP contribution in [0.5, 0.6) is 0 Å². The quantitative estimate of drug-likeness (QED) is 0.813. The predicted octanol–water partition coefficient (Wildman–Crippen LogP) is 3.94. The molecule has 1 unspecified atom stereocenters. The van der Waals surface area contributed by atoms with E-state index in [1.807, 2.05) is 0 Å². The summed E-state index contributed by atoms with van der Waals surface area (Å²) in [5.74, 6) is 1.99. The van der Waals surface area contributed by atoms with Crippen molar-refractivity contribution in [2.45, 2.75) is 57.2 Å². The van der Waals surface area contributed by atoms with Crippen LogP contribution in [0.25, 0.3) is 0 Å². The molecule has 0 amide bonds. The second kappa shape index (κ2) is 4.60. The van der Waals surface area contributed by atoms with Crippen LogP contribution in [0.2, 0.25) is 0 Å². The van der Waals surface area contributed by atoms with E-state index in [0.717, 1.165) is 11.8 Å². The molecule has 4 aliphatic rings. The molecule has 0 aromatic heterocycles. The van der Waals surface area contributed by atoms with E-state index in [-0.39, 0.29) is 6.10 Å². The van der Waals surface area contributed by atoms with Gasteiger partial charge in [0.25, 0.3) is 0 Å². The van der Waals surface area contributed by atoms with Gasteiger partial charge in [0.1, 0.15) is 6.10 Å². The minimum absolute atomic E-state index is 0.179. The minimum atomic E-state index is 0.179. The smallest absolute Gasteiger partial charge is 0.101 e. The van der Waals surface area contributed by atoms with Gasteiger partial charge in [0.15, 0.2) is 0 Å². The van der Waals surface area contributed by atoms with Crippen LogP contribution >= 0.6 is 0 Å². The lowest BCUT2D eigenvalue weighted by molar-refractivity contribution is -0.289. The molecule has 2 nitrogen and oxygen atoms in total. The molecule has 0 radical (unpaired) electrons. The molecule has 4 bridgehead atoms. The molecule has 2 heterocycles. The number of nitrogens with zero attached hydrogens (tertiary/aromatic N) is 1. The van der Waals surface area contributed by atoms with E-state index in [0.29, 0.717) is 12.1 Å². The lowest BCUT2D eigenvalue weighted by Gasteiger charge is -2.55. The zero-order valence-electron chi connectivity index (χ0n) is 11.7. The fourth-order valence-electron chi connectivity index (χ4n) is 4.63. The Morgan fingerprint density at radius 2 is 1.53 bits per heavy atom. The number of rotatable bonds is 3. The van der Waals surface area contributed by atoms with E-state index in [4.69, 9.17) is 4.84 Å². The highest BCUT2D eigenvalue weighted by atomic mass is 16.7. The van der Waals surface area contributed by atoms with Gasteiger partial charge >= 0.3 is 0 Å². The Labute approximate surface area is 115 Å². The van der Waals surface area contributed by atoms with Crippen molar-refractivity contribution in [1.29, 1.82) is 0 Å². The summed E-state index contributed by atoms with van der Waals surface area (Å²) in [6, 6.07) is 12.0. The van der Waals surface area contributed by atoms with Crippen LogP contribution in [-0.2, 0) is 4.84 Å². The molecular formula is C17H23NO. The molecule has 1 aromatic carbocycles. The number of hydrogen-bond acceptors (Lipinski definition) is 2. The largest absolute Gasteiger partial charge is 0.291 e. The summed E-state index contributed by atoms with van der Waals surface area (Å²) in [6.07, 6.45) is 7.15. The Bertz CT molecular complexity index is 416. The fraction of sp³-hybridized carbons (Fsp3) is 0.647. The highest BCUT2D eigenvalue weighted by Crippen LogP contribution is 2.49. The van der Waals surface area contributed by atoms with Crippen molar-refractivity contribution < 1.29 is 4.84 Å². The first-order valence-corrected chi connectivity index (χ1v) is 7.79. The molecule has 1 aromatic rings. The van der Waals surface area contributed by atoms with Crippen LogP contribution in [0.4, 0.5) is 0 Å².